The number of ether oxygens (including phenoxy) is 1. The van der Waals surface area contributed by atoms with Gasteiger partial charge in [0.15, 0.2) is 0 Å². The summed E-state index contributed by atoms with van der Waals surface area (Å²) in [4.78, 5) is 3.78. The fourth-order valence-electron chi connectivity index (χ4n) is 0.455. The molecule has 0 atom stereocenters. The van der Waals surface area contributed by atoms with Crippen molar-refractivity contribution in [2.75, 3.05) is 13.7 Å². The summed E-state index contributed by atoms with van der Waals surface area (Å²) in [5.41, 5.74) is 0. The van der Waals surface area contributed by atoms with E-state index < -0.39 is 0 Å². The third kappa shape index (κ3) is 5.07. The van der Waals surface area contributed by atoms with Gasteiger partial charge in [0, 0.05) is 13.3 Å². The predicted octanol–water partition coefficient (Wildman–Crippen LogP) is 1.63. The van der Waals surface area contributed by atoms with E-state index in [-0.39, 0.29) is 0 Å². The highest BCUT2D eigenvalue weighted by atomic mass is 16.5. The summed E-state index contributed by atoms with van der Waals surface area (Å²) < 4.78 is 5.11. The summed E-state index contributed by atoms with van der Waals surface area (Å²) in [5.74, 6) is 0.906. The molecule has 0 aliphatic rings. The highest BCUT2D eigenvalue weighted by Crippen LogP contribution is 1.91. The maximum absolute atomic E-state index is 5.11. The number of aliphatic imine (C=N–C) groups is 1. The number of rotatable bonds is 3. The molecule has 0 radical (unpaired) electrons. The standard InChI is InChI=1S/C7H13NO/c1-4-9-7(2)5-6-8-3/h5-6H,4H2,1-3H3/b7-5+,8-6?. The molecule has 0 aliphatic carbocycles. The number of hydrogen-bond donors (Lipinski definition) is 0. The topological polar surface area (TPSA) is 21.6 Å². The summed E-state index contributed by atoms with van der Waals surface area (Å²) in [7, 11) is 1.73. The Labute approximate surface area is 56.2 Å². The average Bonchev–Trinajstić information content (AvgIpc) is 1.85. The minimum Gasteiger partial charge on any atom is -0.498 e. The first-order chi connectivity index (χ1) is 4.31. The van der Waals surface area contributed by atoms with Gasteiger partial charge in [-0.1, -0.05) is 0 Å². The molecule has 0 bridgehead atoms. The molecule has 0 rings (SSSR count). The summed E-state index contributed by atoms with van der Waals surface area (Å²) >= 11 is 0. The molecule has 2 nitrogen and oxygen atoms in total. The highest BCUT2D eigenvalue weighted by Gasteiger charge is 1.80. The van der Waals surface area contributed by atoms with Crippen LogP contribution in [0.2, 0.25) is 0 Å². The van der Waals surface area contributed by atoms with E-state index in [9.17, 15) is 0 Å². The number of hydrogen-bond acceptors (Lipinski definition) is 2. The lowest BCUT2D eigenvalue weighted by Crippen LogP contribution is -1.85. The molecule has 0 spiro atoms. The Morgan fingerprint density at radius 2 is 2.33 bits per heavy atom. The highest BCUT2D eigenvalue weighted by molar-refractivity contribution is 5.71. The van der Waals surface area contributed by atoms with Gasteiger partial charge in [0.2, 0.25) is 0 Å². The van der Waals surface area contributed by atoms with E-state index in [1.54, 1.807) is 13.3 Å². The van der Waals surface area contributed by atoms with Crippen LogP contribution in [0, 0.1) is 0 Å². The Bertz CT molecular complexity index is 116. The molecule has 0 saturated carbocycles. The van der Waals surface area contributed by atoms with Gasteiger partial charge in [-0.2, -0.15) is 0 Å². The Kier molecular flexibility index (Phi) is 4.88. The summed E-state index contributed by atoms with van der Waals surface area (Å²) in [6, 6.07) is 0. The van der Waals surface area contributed by atoms with Crippen LogP contribution in [0.3, 0.4) is 0 Å². The molecular formula is C7H13NO. The second-order valence-corrected chi connectivity index (χ2v) is 1.62. The van der Waals surface area contributed by atoms with Crippen LogP contribution < -0.4 is 0 Å². The molecule has 0 saturated heterocycles. The number of nitrogens with zero attached hydrogens (tertiary/aromatic N) is 1. The van der Waals surface area contributed by atoms with Crippen LogP contribution >= 0.6 is 0 Å². The molecule has 9 heavy (non-hydrogen) atoms. The number of allylic oxidation sites excluding steroid dienone is 2. The molecule has 52 valence electrons. The molecule has 0 N–H and O–H groups in total. The lowest BCUT2D eigenvalue weighted by molar-refractivity contribution is 0.232. The zero-order valence-corrected chi connectivity index (χ0v) is 6.22. The van der Waals surface area contributed by atoms with Crippen LogP contribution in [-0.2, 0) is 4.74 Å². The van der Waals surface area contributed by atoms with E-state index in [0.717, 1.165) is 12.4 Å². The van der Waals surface area contributed by atoms with Crippen molar-refractivity contribution in [1.82, 2.24) is 0 Å². The molecule has 0 aromatic heterocycles. The molecule has 0 aromatic carbocycles. The minimum absolute atomic E-state index is 0.722. The van der Waals surface area contributed by atoms with Crippen molar-refractivity contribution in [3.05, 3.63) is 11.8 Å². The smallest absolute Gasteiger partial charge is 0.0943 e. The van der Waals surface area contributed by atoms with Crippen LogP contribution in [0.1, 0.15) is 13.8 Å². The average molecular weight is 127 g/mol. The first kappa shape index (κ1) is 8.21. The second kappa shape index (κ2) is 5.35. The van der Waals surface area contributed by atoms with Crippen LogP contribution in [0.15, 0.2) is 16.8 Å². The van der Waals surface area contributed by atoms with E-state index in [1.165, 1.54) is 0 Å². The maximum Gasteiger partial charge on any atom is 0.0943 e. The molecule has 0 unspecified atom stereocenters. The van der Waals surface area contributed by atoms with Crippen molar-refractivity contribution in [2.45, 2.75) is 13.8 Å². The fraction of sp³-hybridized carbons (Fsp3) is 0.571. The molecule has 0 amide bonds. The molecule has 0 aliphatic heterocycles. The van der Waals surface area contributed by atoms with E-state index in [0.29, 0.717) is 0 Å². The first-order valence-electron chi connectivity index (χ1n) is 3.03. The van der Waals surface area contributed by atoms with Gasteiger partial charge in [-0.15, -0.1) is 0 Å². The zero-order chi connectivity index (χ0) is 7.11. The largest absolute Gasteiger partial charge is 0.498 e. The van der Waals surface area contributed by atoms with Crippen molar-refractivity contribution in [3.8, 4) is 0 Å². The van der Waals surface area contributed by atoms with Crippen molar-refractivity contribution in [1.29, 1.82) is 0 Å². The Hall–Kier alpha value is -0.790. The van der Waals surface area contributed by atoms with E-state index >= 15 is 0 Å². The van der Waals surface area contributed by atoms with Crippen molar-refractivity contribution in [3.63, 3.8) is 0 Å². The van der Waals surface area contributed by atoms with Gasteiger partial charge in [-0.05, 0) is 19.9 Å². The maximum atomic E-state index is 5.11. The molecular weight excluding hydrogens is 114 g/mol. The van der Waals surface area contributed by atoms with Crippen LogP contribution in [0.4, 0.5) is 0 Å². The Morgan fingerprint density at radius 3 is 2.78 bits per heavy atom. The predicted molar refractivity (Wildman–Crippen MR) is 39.8 cm³/mol. The Balaban J connectivity index is 3.55. The monoisotopic (exact) mass is 127 g/mol. The van der Waals surface area contributed by atoms with E-state index in [2.05, 4.69) is 4.99 Å². The van der Waals surface area contributed by atoms with Crippen molar-refractivity contribution >= 4 is 6.21 Å². The normalized spacial score (nSPS) is 12.6. The van der Waals surface area contributed by atoms with Gasteiger partial charge in [-0.25, -0.2) is 0 Å². The van der Waals surface area contributed by atoms with Crippen LogP contribution in [0.25, 0.3) is 0 Å². The van der Waals surface area contributed by atoms with Gasteiger partial charge < -0.3 is 4.74 Å². The van der Waals surface area contributed by atoms with Gasteiger partial charge in [0.1, 0.15) is 0 Å². The lowest BCUT2D eigenvalue weighted by atomic mass is 10.5. The van der Waals surface area contributed by atoms with E-state index in [4.69, 9.17) is 4.74 Å². The summed E-state index contributed by atoms with van der Waals surface area (Å²) in [6.45, 7) is 4.59. The van der Waals surface area contributed by atoms with Gasteiger partial charge in [-0.3, -0.25) is 4.99 Å². The zero-order valence-electron chi connectivity index (χ0n) is 6.22. The van der Waals surface area contributed by atoms with E-state index in [1.807, 2.05) is 19.9 Å². The fourth-order valence-corrected chi connectivity index (χ4v) is 0.455. The summed E-state index contributed by atoms with van der Waals surface area (Å²) in [6.07, 6.45) is 3.55. The molecule has 0 aromatic rings. The molecule has 0 heterocycles. The summed E-state index contributed by atoms with van der Waals surface area (Å²) in [5, 5.41) is 0. The quantitative estimate of drug-likeness (QED) is 0.417. The molecule has 2 heteroatoms. The third-order valence-electron chi connectivity index (χ3n) is 0.830. The van der Waals surface area contributed by atoms with Gasteiger partial charge in [0.25, 0.3) is 0 Å². The SMILES string of the molecule is CCO/C(C)=C/C=NC. The first-order valence-corrected chi connectivity index (χ1v) is 3.03. The lowest BCUT2D eigenvalue weighted by Gasteiger charge is -1.98. The Morgan fingerprint density at radius 1 is 1.67 bits per heavy atom. The van der Waals surface area contributed by atoms with Crippen LogP contribution in [-0.4, -0.2) is 19.9 Å². The molecule has 0 fully saturated rings. The van der Waals surface area contributed by atoms with Crippen molar-refractivity contribution < 1.29 is 4.74 Å². The minimum atomic E-state index is 0.722. The van der Waals surface area contributed by atoms with Gasteiger partial charge >= 0.3 is 0 Å². The second-order valence-electron chi connectivity index (χ2n) is 1.62. The van der Waals surface area contributed by atoms with Crippen molar-refractivity contribution in [2.24, 2.45) is 4.99 Å². The van der Waals surface area contributed by atoms with Crippen LogP contribution in [0.5, 0.6) is 0 Å². The van der Waals surface area contributed by atoms with Gasteiger partial charge in [0.05, 0.1) is 12.4 Å². The third-order valence-corrected chi connectivity index (χ3v) is 0.830.